The van der Waals surface area contributed by atoms with E-state index in [1.807, 2.05) is 91.9 Å². The Morgan fingerprint density at radius 3 is 2.31 bits per heavy atom. The maximum atomic E-state index is 13.4. The monoisotopic (exact) mass is 558 g/mol. The van der Waals surface area contributed by atoms with Crippen LogP contribution in [-0.2, 0) is 9.59 Å². The van der Waals surface area contributed by atoms with Crippen LogP contribution in [0, 0.1) is 11.3 Å². The lowest BCUT2D eigenvalue weighted by molar-refractivity contribution is -0.114. The second-order valence-corrected chi connectivity index (χ2v) is 9.93. The molecule has 8 heteroatoms. The molecule has 1 aliphatic rings. The van der Waals surface area contributed by atoms with Crippen molar-refractivity contribution in [2.24, 2.45) is 0 Å². The summed E-state index contributed by atoms with van der Waals surface area (Å²) in [5.74, 6) is -0.961. The van der Waals surface area contributed by atoms with Crippen molar-refractivity contribution in [2.75, 3.05) is 16.4 Å². The van der Waals surface area contributed by atoms with Crippen LogP contribution in [-0.4, -0.2) is 17.6 Å². The third kappa shape index (κ3) is 6.06. The largest absolute Gasteiger partial charge is 0.353 e. The number of dihydropyridines is 1. The zero-order valence-electron chi connectivity index (χ0n) is 19.4. The summed E-state index contributed by atoms with van der Waals surface area (Å²) in [5.41, 5.74) is 3.66. The van der Waals surface area contributed by atoms with Crippen molar-refractivity contribution in [2.45, 2.75) is 12.8 Å². The minimum absolute atomic E-state index is 0.0976. The minimum atomic E-state index is -0.572. The van der Waals surface area contributed by atoms with E-state index in [0.717, 1.165) is 10.0 Å². The first-order valence-corrected chi connectivity index (χ1v) is 13.0. The highest BCUT2D eigenvalue weighted by atomic mass is 79.9. The normalized spacial score (nSPS) is 15.1. The number of hydrogen-bond donors (Lipinski definition) is 3. The fourth-order valence-corrected chi connectivity index (χ4v) is 5.22. The average molecular weight is 559 g/mol. The summed E-state index contributed by atoms with van der Waals surface area (Å²) < 4.78 is 0.865. The van der Waals surface area contributed by atoms with Crippen LogP contribution < -0.4 is 16.0 Å². The van der Waals surface area contributed by atoms with Gasteiger partial charge in [-0.05, 0) is 42.8 Å². The number of para-hydroxylation sites is 1. The first-order valence-electron chi connectivity index (χ1n) is 11.2. The summed E-state index contributed by atoms with van der Waals surface area (Å²) in [6, 6.07) is 28.3. The summed E-state index contributed by atoms with van der Waals surface area (Å²) in [6.07, 6.45) is 0. The molecule has 2 amide bonds. The van der Waals surface area contributed by atoms with Crippen molar-refractivity contribution in [1.29, 1.82) is 5.26 Å². The summed E-state index contributed by atoms with van der Waals surface area (Å²) in [6.45, 7) is 1.81. The number of benzene rings is 3. The lowest BCUT2D eigenvalue weighted by Crippen LogP contribution is -2.31. The SMILES string of the molecule is CC1=C(C(=O)Nc2ccccc2)C(c2ccccc2)C(C#N)=C(SCC(=O)Nc2cccc(Br)c2)N1. The first kappa shape index (κ1) is 25.3. The van der Waals surface area contributed by atoms with Gasteiger partial charge in [0.2, 0.25) is 5.91 Å². The molecule has 3 aromatic rings. The molecule has 1 aliphatic heterocycles. The van der Waals surface area contributed by atoms with E-state index in [9.17, 15) is 14.9 Å². The van der Waals surface area contributed by atoms with Crippen molar-refractivity contribution < 1.29 is 9.59 Å². The predicted molar refractivity (Wildman–Crippen MR) is 148 cm³/mol. The quantitative estimate of drug-likeness (QED) is 0.323. The lowest BCUT2D eigenvalue weighted by Gasteiger charge is -2.29. The zero-order chi connectivity index (χ0) is 25.5. The van der Waals surface area contributed by atoms with Crippen molar-refractivity contribution >= 4 is 50.9 Å². The van der Waals surface area contributed by atoms with Gasteiger partial charge in [0.05, 0.1) is 28.3 Å². The van der Waals surface area contributed by atoms with Crippen LogP contribution in [0.1, 0.15) is 18.4 Å². The number of carbonyl (C=O) groups excluding carboxylic acids is 2. The van der Waals surface area contributed by atoms with Crippen LogP contribution in [0.5, 0.6) is 0 Å². The molecule has 0 aromatic heterocycles. The molecule has 0 aliphatic carbocycles. The van der Waals surface area contributed by atoms with Gasteiger partial charge < -0.3 is 16.0 Å². The summed E-state index contributed by atoms with van der Waals surface area (Å²) in [7, 11) is 0. The number of nitrogens with one attached hydrogen (secondary N) is 3. The molecular weight excluding hydrogens is 536 g/mol. The predicted octanol–water partition coefficient (Wildman–Crippen LogP) is 6.16. The Balaban J connectivity index is 1.60. The number of amides is 2. The van der Waals surface area contributed by atoms with Crippen molar-refractivity contribution in [1.82, 2.24) is 5.32 Å². The van der Waals surface area contributed by atoms with Crippen molar-refractivity contribution in [3.05, 3.63) is 117 Å². The molecule has 3 N–H and O–H groups in total. The van der Waals surface area contributed by atoms with Crippen LogP contribution in [0.25, 0.3) is 0 Å². The molecule has 1 heterocycles. The van der Waals surface area contributed by atoms with Gasteiger partial charge >= 0.3 is 0 Å². The number of nitriles is 1. The fraction of sp³-hybridized carbons (Fsp3) is 0.107. The Morgan fingerprint density at radius 2 is 1.64 bits per heavy atom. The molecule has 0 fully saturated rings. The summed E-state index contributed by atoms with van der Waals surface area (Å²) >= 11 is 4.63. The summed E-state index contributed by atoms with van der Waals surface area (Å²) in [4.78, 5) is 26.0. The van der Waals surface area contributed by atoms with Gasteiger partial charge in [-0.1, -0.05) is 82.3 Å². The lowest BCUT2D eigenvalue weighted by atomic mass is 9.82. The fourth-order valence-electron chi connectivity index (χ4n) is 3.93. The molecule has 1 atom stereocenters. The van der Waals surface area contributed by atoms with Crippen LogP contribution in [0.4, 0.5) is 11.4 Å². The highest BCUT2D eigenvalue weighted by molar-refractivity contribution is 9.10. The van der Waals surface area contributed by atoms with Gasteiger partial charge in [0.25, 0.3) is 5.91 Å². The van der Waals surface area contributed by atoms with E-state index in [-0.39, 0.29) is 17.6 Å². The molecule has 180 valence electrons. The molecular formula is C28H23BrN4O2S. The van der Waals surface area contributed by atoms with Gasteiger partial charge in [-0.15, -0.1) is 0 Å². The van der Waals surface area contributed by atoms with E-state index < -0.39 is 5.92 Å². The second kappa shape index (κ2) is 11.8. The molecule has 36 heavy (non-hydrogen) atoms. The number of allylic oxidation sites excluding steroid dienone is 2. The van der Waals surface area contributed by atoms with Crippen LogP contribution in [0.2, 0.25) is 0 Å². The Morgan fingerprint density at radius 1 is 0.972 bits per heavy atom. The molecule has 6 nitrogen and oxygen atoms in total. The number of anilines is 2. The molecule has 0 saturated heterocycles. The maximum Gasteiger partial charge on any atom is 0.254 e. The molecule has 0 spiro atoms. The third-order valence-electron chi connectivity index (χ3n) is 5.51. The van der Waals surface area contributed by atoms with E-state index in [2.05, 4.69) is 37.9 Å². The van der Waals surface area contributed by atoms with E-state index in [0.29, 0.717) is 33.2 Å². The van der Waals surface area contributed by atoms with E-state index in [1.165, 1.54) is 11.8 Å². The Hall–Kier alpha value is -3.80. The van der Waals surface area contributed by atoms with Crippen molar-refractivity contribution in [3.63, 3.8) is 0 Å². The maximum absolute atomic E-state index is 13.4. The number of carbonyl (C=O) groups is 2. The van der Waals surface area contributed by atoms with E-state index >= 15 is 0 Å². The summed E-state index contributed by atoms with van der Waals surface area (Å²) in [5, 5.41) is 19.8. The number of thioether (sulfide) groups is 1. The number of nitrogens with zero attached hydrogens (tertiary/aromatic N) is 1. The van der Waals surface area contributed by atoms with E-state index in [1.54, 1.807) is 0 Å². The smallest absolute Gasteiger partial charge is 0.254 e. The Labute approximate surface area is 222 Å². The molecule has 0 saturated carbocycles. The topological polar surface area (TPSA) is 94.0 Å². The molecule has 1 unspecified atom stereocenters. The van der Waals surface area contributed by atoms with Gasteiger partial charge in [0.1, 0.15) is 0 Å². The Bertz CT molecular complexity index is 1380. The standard InChI is InChI=1S/C28H23BrN4O2S/c1-18-25(27(35)33-21-12-6-3-7-13-21)26(19-9-4-2-5-10-19)23(16-30)28(31-18)36-17-24(34)32-22-14-8-11-20(29)15-22/h2-15,26,31H,17H2,1H3,(H,32,34)(H,33,35). The number of rotatable bonds is 7. The Kier molecular flexibility index (Phi) is 8.26. The van der Waals surface area contributed by atoms with Crippen LogP contribution >= 0.6 is 27.7 Å². The van der Waals surface area contributed by atoms with Crippen LogP contribution in [0.3, 0.4) is 0 Å². The highest BCUT2D eigenvalue weighted by Gasteiger charge is 2.34. The second-order valence-electron chi connectivity index (χ2n) is 8.03. The minimum Gasteiger partial charge on any atom is -0.353 e. The molecule has 0 radical (unpaired) electrons. The first-order chi connectivity index (χ1) is 17.5. The number of hydrogen-bond acceptors (Lipinski definition) is 5. The highest BCUT2D eigenvalue weighted by Crippen LogP contribution is 2.40. The third-order valence-corrected chi connectivity index (χ3v) is 7.02. The molecule has 4 rings (SSSR count). The molecule has 3 aromatic carbocycles. The van der Waals surface area contributed by atoms with Crippen LogP contribution in [0.15, 0.2) is 111 Å². The van der Waals surface area contributed by atoms with Gasteiger partial charge in [-0.25, -0.2) is 0 Å². The van der Waals surface area contributed by atoms with Gasteiger partial charge in [0, 0.05) is 27.1 Å². The van der Waals surface area contributed by atoms with E-state index in [4.69, 9.17) is 0 Å². The molecule has 0 bridgehead atoms. The average Bonchev–Trinajstić information content (AvgIpc) is 2.88. The van der Waals surface area contributed by atoms with Gasteiger partial charge in [-0.3, -0.25) is 9.59 Å². The number of halogens is 1. The zero-order valence-corrected chi connectivity index (χ0v) is 21.8. The van der Waals surface area contributed by atoms with Crippen molar-refractivity contribution in [3.8, 4) is 6.07 Å². The van der Waals surface area contributed by atoms with Gasteiger partial charge in [0.15, 0.2) is 0 Å². The van der Waals surface area contributed by atoms with Gasteiger partial charge in [-0.2, -0.15) is 5.26 Å².